The topological polar surface area (TPSA) is 21.3 Å². The second kappa shape index (κ2) is 6.32. The molecule has 0 bridgehead atoms. The molecule has 3 heteroatoms. The van der Waals surface area contributed by atoms with E-state index in [9.17, 15) is 0 Å². The zero-order chi connectivity index (χ0) is 13.2. The molecule has 0 saturated carbocycles. The summed E-state index contributed by atoms with van der Waals surface area (Å²) in [6, 6.07) is 6.73. The maximum atomic E-state index is 5.54. The highest BCUT2D eigenvalue weighted by Crippen LogP contribution is 2.30. The van der Waals surface area contributed by atoms with Crippen molar-refractivity contribution in [3.8, 4) is 18.1 Å². The van der Waals surface area contributed by atoms with Crippen LogP contribution in [0.2, 0.25) is 0 Å². The monoisotopic (exact) mass is 279 g/mol. The van der Waals surface area contributed by atoms with Crippen LogP contribution in [0.1, 0.15) is 31.4 Å². The van der Waals surface area contributed by atoms with Gasteiger partial charge in [-0.2, -0.15) is 0 Å². The molecule has 0 amide bonds. The van der Waals surface area contributed by atoms with Gasteiger partial charge in [0.15, 0.2) is 0 Å². The Bertz CT molecular complexity index is 462. The number of aryl methyl sites for hydroxylation is 1. The molecule has 1 aromatic rings. The fourth-order valence-electron chi connectivity index (χ4n) is 2.62. The minimum absolute atomic E-state index is 0. The molecule has 1 aliphatic carbocycles. The van der Waals surface area contributed by atoms with Gasteiger partial charge < -0.3 is 4.74 Å². The van der Waals surface area contributed by atoms with Crippen LogP contribution in [0.4, 0.5) is 0 Å². The van der Waals surface area contributed by atoms with Crippen molar-refractivity contribution in [2.45, 2.75) is 44.7 Å². The Morgan fingerprint density at radius 2 is 2.16 bits per heavy atom. The zero-order valence-corrected chi connectivity index (χ0v) is 12.6. The summed E-state index contributed by atoms with van der Waals surface area (Å²) in [5.41, 5.74) is 2.49. The van der Waals surface area contributed by atoms with Gasteiger partial charge in [-0.05, 0) is 50.3 Å². The van der Waals surface area contributed by atoms with Crippen molar-refractivity contribution in [2.75, 3.05) is 7.11 Å². The van der Waals surface area contributed by atoms with Crippen LogP contribution in [0.15, 0.2) is 18.2 Å². The van der Waals surface area contributed by atoms with Gasteiger partial charge in [0.25, 0.3) is 0 Å². The van der Waals surface area contributed by atoms with E-state index in [1.807, 2.05) is 19.9 Å². The second-order valence-electron chi connectivity index (χ2n) is 5.45. The van der Waals surface area contributed by atoms with E-state index in [2.05, 4.69) is 23.4 Å². The minimum atomic E-state index is -0.246. The zero-order valence-electron chi connectivity index (χ0n) is 11.8. The van der Waals surface area contributed by atoms with Crippen molar-refractivity contribution in [2.24, 2.45) is 0 Å². The quantitative estimate of drug-likeness (QED) is 0.859. The van der Waals surface area contributed by atoms with E-state index in [4.69, 9.17) is 11.2 Å². The maximum absolute atomic E-state index is 5.54. The van der Waals surface area contributed by atoms with Crippen LogP contribution in [0.5, 0.6) is 5.75 Å². The van der Waals surface area contributed by atoms with Crippen molar-refractivity contribution in [3.05, 3.63) is 29.3 Å². The number of hydrogen-bond donors (Lipinski definition) is 1. The van der Waals surface area contributed by atoms with Gasteiger partial charge in [0.1, 0.15) is 5.75 Å². The van der Waals surface area contributed by atoms with Gasteiger partial charge in [-0.15, -0.1) is 18.8 Å². The van der Waals surface area contributed by atoms with Crippen LogP contribution in [-0.4, -0.2) is 18.7 Å². The summed E-state index contributed by atoms with van der Waals surface area (Å²) in [5, 5.41) is 3.55. The summed E-state index contributed by atoms with van der Waals surface area (Å²) < 4.78 is 5.45. The molecule has 1 unspecified atom stereocenters. The van der Waals surface area contributed by atoms with Crippen LogP contribution >= 0.6 is 12.4 Å². The molecule has 19 heavy (non-hydrogen) atoms. The SMILES string of the molecule is C#CC(C)(C)NC1CCc2cccc(OC)c2C1.Cl. The Hall–Kier alpha value is -1.17. The molecule has 0 aromatic heterocycles. The standard InChI is InChI=1S/C16H21NO.ClH/c1-5-16(2,3)17-13-10-9-12-7-6-8-15(18-4)14(12)11-13;/h1,6-8,13,17H,9-11H2,2-4H3;1H. The minimum Gasteiger partial charge on any atom is -0.496 e. The van der Waals surface area contributed by atoms with Gasteiger partial charge in [-0.1, -0.05) is 18.1 Å². The van der Waals surface area contributed by atoms with E-state index in [1.165, 1.54) is 11.1 Å². The normalized spacial score (nSPS) is 17.9. The van der Waals surface area contributed by atoms with E-state index in [0.29, 0.717) is 6.04 Å². The first kappa shape index (κ1) is 15.9. The summed E-state index contributed by atoms with van der Waals surface area (Å²) in [5.74, 6) is 3.80. The Morgan fingerprint density at radius 1 is 1.42 bits per heavy atom. The molecule has 0 fully saturated rings. The number of fused-ring (bicyclic) bond motifs is 1. The predicted molar refractivity (Wildman–Crippen MR) is 82.1 cm³/mol. The third-order valence-corrected chi connectivity index (χ3v) is 3.59. The third-order valence-electron chi connectivity index (χ3n) is 3.59. The number of hydrogen-bond acceptors (Lipinski definition) is 2. The van der Waals surface area contributed by atoms with Gasteiger partial charge in [0, 0.05) is 6.04 Å². The molecule has 1 N–H and O–H groups in total. The van der Waals surface area contributed by atoms with Crippen LogP contribution in [0.25, 0.3) is 0 Å². The average molecular weight is 280 g/mol. The van der Waals surface area contributed by atoms with Crippen molar-refractivity contribution in [1.29, 1.82) is 0 Å². The van der Waals surface area contributed by atoms with Crippen LogP contribution in [0, 0.1) is 12.3 Å². The Labute approximate surface area is 122 Å². The van der Waals surface area contributed by atoms with Gasteiger partial charge in [0.05, 0.1) is 12.6 Å². The molecule has 0 heterocycles. The van der Waals surface area contributed by atoms with Crippen molar-refractivity contribution in [3.63, 3.8) is 0 Å². The lowest BCUT2D eigenvalue weighted by molar-refractivity contribution is 0.360. The molecule has 0 radical (unpaired) electrons. The van der Waals surface area contributed by atoms with Gasteiger partial charge in [0.2, 0.25) is 0 Å². The van der Waals surface area contributed by atoms with Gasteiger partial charge in [-0.3, -0.25) is 5.32 Å². The second-order valence-corrected chi connectivity index (χ2v) is 5.45. The number of nitrogens with one attached hydrogen (secondary N) is 1. The first-order valence-corrected chi connectivity index (χ1v) is 6.46. The number of ether oxygens (including phenoxy) is 1. The lowest BCUT2D eigenvalue weighted by Crippen LogP contribution is -2.47. The highest BCUT2D eigenvalue weighted by atomic mass is 35.5. The Morgan fingerprint density at radius 3 is 2.79 bits per heavy atom. The van der Waals surface area contributed by atoms with Crippen LogP contribution in [0.3, 0.4) is 0 Å². The van der Waals surface area contributed by atoms with Crippen LogP contribution < -0.4 is 10.1 Å². The smallest absolute Gasteiger partial charge is 0.122 e. The molecule has 1 atom stereocenters. The van der Waals surface area contributed by atoms with Crippen molar-refractivity contribution in [1.82, 2.24) is 5.32 Å². The number of halogens is 1. The van der Waals surface area contributed by atoms with Crippen molar-refractivity contribution < 1.29 is 4.74 Å². The highest BCUT2D eigenvalue weighted by molar-refractivity contribution is 5.85. The fraction of sp³-hybridized carbons (Fsp3) is 0.500. The maximum Gasteiger partial charge on any atom is 0.122 e. The molecule has 2 nitrogen and oxygen atoms in total. The predicted octanol–water partition coefficient (Wildman–Crippen LogP) is 2.98. The summed E-state index contributed by atoms with van der Waals surface area (Å²) in [7, 11) is 1.73. The first-order valence-electron chi connectivity index (χ1n) is 6.46. The third kappa shape index (κ3) is 3.65. The summed E-state index contributed by atoms with van der Waals surface area (Å²) in [4.78, 5) is 0. The number of rotatable bonds is 3. The molecule has 0 spiro atoms. The summed E-state index contributed by atoms with van der Waals surface area (Å²) >= 11 is 0. The number of terminal acetylenes is 1. The van der Waals surface area contributed by atoms with E-state index in [0.717, 1.165) is 25.0 Å². The number of benzene rings is 1. The summed E-state index contributed by atoms with van der Waals surface area (Å²) in [6.45, 7) is 4.09. The largest absolute Gasteiger partial charge is 0.496 e. The summed E-state index contributed by atoms with van der Waals surface area (Å²) in [6.07, 6.45) is 8.75. The van der Waals surface area contributed by atoms with E-state index in [-0.39, 0.29) is 17.9 Å². The first-order chi connectivity index (χ1) is 8.55. The molecule has 2 rings (SSSR count). The van der Waals surface area contributed by atoms with Crippen LogP contribution in [-0.2, 0) is 12.8 Å². The van der Waals surface area contributed by atoms with Gasteiger partial charge in [-0.25, -0.2) is 0 Å². The molecular formula is C16H22ClNO. The molecule has 104 valence electrons. The molecule has 0 saturated heterocycles. The van der Waals surface area contributed by atoms with E-state index in [1.54, 1.807) is 7.11 Å². The fourth-order valence-corrected chi connectivity index (χ4v) is 2.62. The highest BCUT2D eigenvalue weighted by Gasteiger charge is 2.25. The lowest BCUT2D eigenvalue weighted by atomic mass is 9.86. The Kier molecular flexibility index (Phi) is 5.29. The average Bonchev–Trinajstić information content (AvgIpc) is 2.37. The Balaban J connectivity index is 0.00000180. The molecular weight excluding hydrogens is 258 g/mol. The molecule has 0 aliphatic heterocycles. The van der Waals surface area contributed by atoms with Gasteiger partial charge >= 0.3 is 0 Å². The number of methoxy groups -OCH3 is 1. The van der Waals surface area contributed by atoms with E-state index >= 15 is 0 Å². The molecule has 1 aromatic carbocycles. The molecule has 1 aliphatic rings. The lowest BCUT2D eigenvalue weighted by Gasteiger charge is -2.32. The van der Waals surface area contributed by atoms with E-state index < -0.39 is 0 Å². The van der Waals surface area contributed by atoms with Crippen molar-refractivity contribution >= 4 is 12.4 Å².